The van der Waals surface area contributed by atoms with E-state index in [0.29, 0.717) is 17.2 Å². The van der Waals surface area contributed by atoms with Gasteiger partial charge in [0.2, 0.25) is 0 Å². The van der Waals surface area contributed by atoms with Crippen LogP contribution in [0.15, 0.2) is 47.4 Å². The lowest BCUT2D eigenvalue weighted by Crippen LogP contribution is -2.44. The van der Waals surface area contributed by atoms with Gasteiger partial charge in [-0.05, 0) is 47.7 Å². The predicted octanol–water partition coefficient (Wildman–Crippen LogP) is 2.63. The summed E-state index contributed by atoms with van der Waals surface area (Å²) in [5, 5.41) is 30.0. The van der Waals surface area contributed by atoms with Gasteiger partial charge in [0.25, 0.3) is 0 Å². The molecular formula is C21H23FO4S. The molecule has 6 heteroatoms. The van der Waals surface area contributed by atoms with Crippen LogP contribution in [-0.4, -0.2) is 45.5 Å². The highest BCUT2D eigenvalue weighted by Gasteiger charge is 2.37. The fourth-order valence-electron chi connectivity index (χ4n) is 3.94. The molecule has 144 valence electrons. The van der Waals surface area contributed by atoms with Gasteiger partial charge < -0.3 is 20.1 Å². The molecule has 0 bridgehead atoms. The normalized spacial score (nSPS) is 30.3. The zero-order valence-corrected chi connectivity index (χ0v) is 15.6. The highest BCUT2D eigenvalue weighted by Crippen LogP contribution is 2.39. The Morgan fingerprint density at radius 1 is 1.15 bits per heavy atom. The van der Waals surface area contributed by atoms with Gasteiger partial charge in [-0.3, -0.25) is 0 Å². The fraction of sp³-hybridized carbons (Fsp3) is 0.429. The van der Waals surface area contributed by atoms with Gasteiger partial charge in [0.15, 0.2) is 0 Å². The number of halogens is 1. The van der Waals surface area contributed by atoms with Crippen LogP contribution in [0.1, 0.15) is 29.2 Å². The van der Waals surface area contributed by atoms with Crippen molar-refractivity contribution in [2.45, 2.75) is 53.8 Å². The third-order valence-electron chi connectivity index (χ3n) is 5.24. The molecule has 3 N–H and O–H groups in total. The Morgan fingerprint density at radius 2 is 1.96 bits per heavy atom. The van der Waals surface area contributed by atoms with Crippen LogP contribution >= 0.6 is 11.8 Å². The fourth-order valence-corrected chi connectivity index (χ4v) is 5.29. The van der Waals surface area contributed by atoms with E-state index < -0.39 is 24.4 Å². The lowest BCUT2D eigenvalue weighted by Gasteiger charge is -2.37. The summed E-state index contributed by atoms with van der Waals surface area (Å²) in [6, 6.07) is 13.0. The quantitative estimate of drug-likeness (QED) is 0.749. The maximum Gasteiger partial charge on any atom is 0.123 e. The Hall–Kier alpha value is -1.44. The van der Waals surface area contributed by atoms with Gasteiger partial charge >= 0.3 is 0 Å². The van der Waals surface area contributed by atoms with E-state index in [1.165, 1.54) is 22.6 Å². The molecule has 0 aliphatic carbocycles. The number of thioether (sulfide) groups is 1. The SMILES string of the molecule is OCC1CC(O)[C@@H](O)C(c2cc(F)cc(CC3Cc4ccccc4S3)c2)O1. The Labute approximate surface area is 162 Å². The number of benzene rings is 2. The largest absolute Gasteiger partial charge is 0.394 e. The first kappa shape index (κ1) is 18.9. The van der Waals surface area contributed by atoms with E-state index >= 15 is 0 Å². The molecule has 4 nitrogen and oxygen atoms in total. The lowest BCUT2D eigenvalue weighted by atomic mass is 9.91. The number of hydrogen-bond donors (Lipinski definition) is 3. The average Bonchev–Trinajstić information content (AvgIpc) is 3.05. The molecule has 0 spiro atoms. The van der Waals surface area contributed by atoms with Crippen LogP contribution in [0.5, 0.6) is 0 Å². The van der Waals surface area contributed by atoms with Crippen molar-refractivity contribution in [2.24, 2.45) is 0 Å². The van der Waals surface area contributed by atoms with Gasteiger partial charge in [-0.2, -0.15) is 0 Å². The minimum atomic E-state index is -1.15. The summed E-state index contributed by atoms with van der Waals surface area (Å²) in [5.41, 5.74) is 2.66. The molecule has 4 unspecified atom stereocenters. The molecule has 2 aromatic carbocycles. The van der Waals surface area contributed by atoms with Crippen molar-refractivity contribution in [1.29, 1.82) is 0 Å². The third kappa shape index (κ3) is 4.05. The molecule has 1 saturated heterocycles. The predicted molar refractivity (Wildman–Crippen MR) is 101 cm³/mol. The van der Waals surface area contributed by atoms with Gasteiger partial charge in [-0.15, -0.1) is 11.8 Å². The summed E-state index contributed by atoms with van der Waals surface area (Å²) in [6.45, 7) is -0.251. The number of aliphatic hydroxyl groups excluding tert-OH is 3. The van der Waals surface area contributed by atoms with Crippen LogP contribution in [0.2, 0.25) is 0 Å². The second-order valence-electron chi connectivity index (χ2n) is 7.30. The molecule has 27 heavy (non-hydrogen) atoms. The van der Waals surface area contributed by atoms with E-state index in [9.17, 15) is 19.7 Å². The maximum atomic E-state index is 14.3. The topological polar surface area (TPSA) is 69.9 Å². The molecule has 0 saturated carbocycles. The van der Waals surface area contributed by atoms with Crippen molar-refractivity contribution in [3.8, 4) is 0 Å². The van der Waals surface area contributed by atoms with Crippen molar-refractivity contribution in [3.63, 3.8) is 0 Å². The molecule has 2 aliphatic heterocycles. The smallest absolute Gasteiger partial charge is 0.123 e. The Bertz CT molecular complexity index is 790. The highest BCUT2D eigenvalue weighted by molar-refractivity contribution is 8.00. The minimum absolute atomic E-state index is 0.160. The van der Waals surface area contributed by atoms with E-state index in [2.05, 4.69) is 12.1 Å². The number of aliphatic hydroxyl groups is 3. The van der Waals surface area contributed by atoms with Crippen molar-refractivity contribution in [2.75, 3.05) is 6.61 Å². The zero-order chi connectivity index (χ0) is 19.0. The van der Waals surface area contributed by atoms with Crippen LogP contribution in [-0.2, 0) is 17.6 Å². The van der Waals surface area contributed by atoms with Gasteiger partial charge in [-0.1, -0.05) is 24.3 Å². The molecule has 0 amide bonds. The first-order valence-corrected chi connectivity index (χ1v) is 10.1. The molecule has 0 aromatic heterocycles. The monoisotopic (exact) mass is 390 g/mol. The molecular weight excluding hydrogens is 367 g/mol. The van der Waals surface area contributed by atoms with Crippen LogP contribution in [0, 0.1) is 5.82 Å². The third-order valence-corrected chi connectivity index (χ3v) is 6.56. The van der Waals surface area contributed by atoms with Crippen molar-refractivity contribution in [3.05, 3.63) is 65.0 Å². The maximum absolute atomic E-state index is 14.3. The first-order chi connectivity index (χ1) is 13.0. The Morgan fingerprint density at radius 3 is 2.74 bits per heavy atom. The van der Waals surface area contributed by atoms with Gasteiger partial charge in [0.05, 0.1) is 18.8 Å². The van der Waals surface area contributed by atoms with E-state index in [-0.39, 0.29) is 18.8 Å². The molecule has 2 aromatic rings. The van der Waals surface area contributed by atoms with Gasteiger partial charge in [0, 0.05) is 16.6 Å². The van der Waals surface area contributed by atoms with E-state index in [1.807, 2.05) is 30.0 Å². The summed E-state index contributed by atoms with van der Waals surface area (Å²) in [4.78, 5) is 1.28. The molecule has 2 heterocycles. The molecule has 2 aliphatic rings. The summed E-state index contributed by atoms with van der Waals surface area (Å²) in [6.07, 6.45) is -1.76. The number of rotatable bonds is 4. The Balaban J connectivity index is 1.53. The summed E-state index contributed by atoms with van der Waals surface area (Å²) in [7, 11) is 0. The molecule has 1 fully saturated rings. The van der Waals surface area contributed by atoms with Crippen LogP contribution in [0.25, 0.3) is 0 Å². The van der Waals surface area contributed by atoms with Crippen molar-refractivity contribution in [1.82, 2.24) is 0 Å². The highest BCUT2D eigenvalue weighted by atomic mass is 32.2. The summed E-state index contributed by atoms with van der Waals surface area (Å²) >= 11 is 1.81. The van der Waals surface area contributed by atoms with Gasteiger partial charge in [0.1, 0.15) is 18.0 Å². The molecule has 4 rings (SSSR count). The second kappa shape index (κ2) is 7.89. The average molecular weight is 390 g/mol. The Kier molecular flexibility index (Phi) is 5.53. The van der Waals surface area contributed by atoms with E-state index in [0.717, 1.165) is 12.0 Å². The van der Waals surface area contributed by atoms with Crippen LogP contribution in [0.4, 0.5) is 4.39 Å². The van der Waals surface area contributed by atoms with Crippen molar-refractivity contribution < 1.29 is 24.4 Å². The summed E-state index contributed by atoms with van der Waals surface area (Å²) in [5.74, 6) is -0.389. The van der Waals surface area contributed by atoms with Crippen LogP contribution in [0.3, 0.4) is 0 Å². The molecule has 5 atom stereocenters. The van der Waals surface area contributed by atoms with Crippen molar-refractivity contribution >= 4 is 11.8 Å². The first-order valence-electron chi connectivity index (χ1n) is 9.20. The number of hydrogen-bond acceptors (Lipinski definition) is 5. The number of fused-ring (bicyclic) bond motifs is 1. The number of ether oxygens (including phenoxy) is 1. The standard InChI is InChI=1S/C21H23FO4S/c22-15-6-12(7-17-9-13-3-1-2-4-19(13)27-17)5-14(8-15)21-20(25)18(24)10-16(11-23)26-21/h1-6,8,16-18,20-21,23-25H,7,9-11H2/t16?,17?,18?,20-,21?/m1/s1. The minimum Gasteiger partial charge on any atom is -0.394 e. The van der Waals surface area contributed by atoms with Gasteiger partial charge in [-0.25, -0.2) is 4.39 Å². The van der Waals surface area contributed by atoms with E-state index in [4.69, 9.17) is 4.74 Å². The van der Waals surface area contributed by atoms with Crippen LogP contribution < -0.4 is 0 Å². The summed E-state index contributed by atoms with van der Waals surface area (Å²) < 4.78 is 20.0. The molecule has 0 radical (unpaired) electrons. The van der Waals surface area contributed by atoms with E-state index in [1.54, 1.807) is 0 Å². The lowest BCUT2D eigenvalue weighted by molar-refractivity contribution is -0.179. The zero-order valence-electron chi connectivity index (χ0n) is 14.8. The second-order valence-corrected chi connectivity index (χ2v) is 8.65.